The zero-order chi connectivity index (χ0) is 17.5. The maximum Gasteiger partial charge on any atom is 0.412 e. The fourth-order valence-corrected chi connectivity index (χ4v) is 3.04. The van der Waals surface area contributed by atoms with Crippen LogP contribution < -0.4 is 15.4 Å². The van der Waals surface area contributed by atoms with E-state index in [1.807, 2.05) is 6.07 Å². The Bertz CT molecular complexity index is 864. The molecule has 2 heterocycles. The number of aromatic amines is 1. The highest BCUT2D eigenvalue weighted by atomic mass is 16.5. The van der Waals surface area contributed by atoms with E-state index in [4.69, 9.17) is 4.74 Å². The van der Waals surface area contributed by atoms with Crippen molar-refractivity contribution in [3.8, 4) is 5.75 Å². The molecule has 0 unspecified atom stereocenters. The van der Waals surface area contributed by atoms with Crippen LogP contribution in [0, 0.1) is 0 Å². The zero-order valence-corrected chi connectivity index (χ0v) is 13.7. The third-order valence-corrected chi connectivity index (χ3v) is 4.15. The van der Waals surface area contributed by atoms with Crippen LogP contribution in [0.4, 0.5) is 4.79 Å². The van der Waals surface area contributed by atoms with Crippen LogP contribution >= 0.6 is 0 Å². The van der Waals surface area contributed by atoms with E-state index in [0.717, 1.165) is 16.5 Å². The molecule has 0 bridgehead atoms. The number of hydrogen-bond donors (Lipinski definition) is 4. The minimum atomic E-state index is -1.00. The SMILES string of the molecule is CNC(=O)Oc1ccc2c3c([nH]c2c1)C(C(=O)O)=CNCC3(C)C. The zero-order valence-electron chi connectivity index (χ0n) is 13.7. The number of ether oxygens (including phenoxy) is 1. The monoisotopic (exact) mass is 329 g/mol. The van der Waals surface area contributed by atoms with Gasteiger partial charge in [-0.3, -0.25) is 0 Å². The average molecular weight is 329 g/mol. The van der Waals surface area contributed by atoms with Crippen molar-refractivity contribution in [1.82, 2.24) is 15.6 Å². The number of amides is 1. The first-order valence-corrected chi connectivity index (χ1v) is 7.56. The van der Waals surface area contributed by atoms with Crippen molar-refractivity contribution >= 4 is 28.5 Å². The van der Waals surface area contributed by atoms with Crippen LogP contribution in [0.3, 0.4) is 0 Å². The summed E-state index contributed by atoms with van der Waals surface area (Å²) in [6.45, 7) is 4.72. The van der Waals surface area contributed by atoms with E-state index in [1.54, 1.807) is 12.1 Å². The van der Waals surface area contributed by atoms with Crippen LogP contribution in [0.2, 0.25) is 0 Å². The maximum atomic E-state index is 11.6. The Hall–Kier alpha value is -2.96. The number of carbonyl (C=O) groups is 2. The van der Waals surface area contributed by atoms with E-state index in [9.17, 15) is 14.7 Å². The molecule has 3 rings (SSSR count). The molecule has 0 spiro atoms. The van der Waals surface area contributed by atoms with E-state index >= 15 is 0 Å². The highest BCUT2D eigenvalue weighted by Gasteiger charge is 2.32. The lowest BCUT2D eigenvalue weighted by atomic mass is 9.82. The van der Waals surface area contributed by atoms with E-state index in [0.29, 0.717) is 18.0 Å². The van der Waals surface area contributed by atoms with Crippen LogP contribution in [-0.2, 0) is 10.2 Å². The number of carboxylic acid groups (broad SMARTS) is 1. The molecule has 24 heavy (non-hydrogen) atoms. The van der Waals surface area contributed by atoms with Gasteiger partial charge in [0.25, 0.3) is 0 Å². The molecule has 1 aliphatic heterocycles. The molecule has 1 aliphatic rings. The summed E-state index contributed by atoms with van der Waals surface area (Å²) in [5.41, 5.74) is 2.14. The van der Waals surface area contributed by atoms with Crippen LogP contribution in [0.25, 0.3) is 16.5 Å². The largest absolute Gasteiger partial charge is 0.478 e. The molecule has 0 atom stereocenters. The van der Waals surface area contributed by atoms with Crippen LogP contribution in [0.15, 0.2) is 24.4 Å². The fourth-order valence-electron chi connectivity index (χ4n) is 3.04. The molecule has 4 N–H and O–H groups in total. The van der Waals surface area contributed by atoms with E-state index in [2.05, 4.69) is 29.5 Å². The van der Waals surface area contributed by atoms with Gasteiger partial charge in [-0.1, -0.05) is 13.8 Å². The molecule has 0 fully saturated rings. The van der Waals surface area contributed by atoms with E-state index in [-0.39, 0.29) is 11.0 Å². The molecular formula is C17H19N3O4. The van der Waals surface area contributed by atoms with Gasteiger partial charge in [0.15, 0.2) is 0 Å². The minimum absolute atomic E-state index is 0.181. The summed E-state index contributed by atoms with van der Waals surface area (Å²) in [6, 6.07) is 5.24. The molecule has 2 aromatic rings. The van der Waals surface area contributed by atoms with Crippen LogP contribution in [0.5, 0.6) is 5.75 Å². The Kier molecular flexibility index (Phi) is 3.71. The molecule has 126 valence electrons. The molecule has 0 saturated heterocycles. The van der Waals surface area contributed by atoms with Crippen molar-refractivity contribution in [1.29, 1.82) is 0 Å². The molecule has 1 aromatic carbocycles. The lowest BCUT2D eigenvalue weighted by Gasteiger charge is -2.24. The second-order valence-electron chi connectivity index (χ2n) is 6.35. The quantitative estimate of drug-likeness (QED) is 0.676. The number of benzene rings is 1. The van der Waals surface area contributed by atoms with Crippen LogP contribution in [0.1, 0.15) is 25.1 Å². The Morgan fingerprint density at radius 1 is 1.33 bits per heavy atom. The van der Waals surface area contributed by atoms with Gasteiger partial charge < -0.3 is 25.5 Å². The number of rotatable bonds is 2. The number of carboxylic acids is 1. The van der Waals surface area contributed by atoms with Crippen molar-refractivity contribution in [2.24, 2.45) is 0 Å². The van der Waals surface area contributed by atoms with Crippen molar-refractivity contribution in [3.05, 3.63) is 35.7 Å². The highest BCUT2D eigenvalue weighted by molar-refractivity contribution is 6.17. The lowest BCUT2D eigenvalue weighted by molar-refractivity contribution is -0.130. The van der Waals surface area contributed by atoms with Gasteiger partial charge >= 0.3 is 12.1 Å². The standard InChI is InChI=1S/C17H19N3O4/c1-17(2)8-19-7-11(15(21)22)14-13(17)10-5-4-9(6-12(10)20-14)24-16(23)18-3/h4-7,19-20H,8H2,1-3H3,(H,18,23)(H,21,22). The summed E-state index contributed by atoms with van der Waals surface area (Å²) in [5, 5.41) is 15.9. The number of H-pyrrole nitrogens is 1. The number of aromatic nitrogens is 1. The highest BCUT2D eigenvalue weighted by Crippen LogP contribution is 2.39. The Morgan fingerprint density at radius 3 is 2.75 bits per heavy atom. The van der Waals surface area contributed by atoms with Gasteiger partial charge in [0.2, 0.25) is 0 Å². The van der Waals surface area contributed by atoms with Gasteiger partial charge in [0.05, 0.1) is 11.3 Å². The second kappa shape index (κ2) is 5.59. The molecular weight excluding hydrogens is 310 g/mol. The molecule has 7 heteroatoms. The summed E-state index contributed by atoms with van der Waals surface area (Å²) in [4.78, 5) is 26.1. The molecule has 7 nitrogen and oxygen atoms in total. The van der Waals surface area contributed by atoms with Crippen molar-refractivity contribution < 1.29 is 19.4 Å². The number of fused-ring (bicyclic) bond motifs is 3. The average Bonchev–Trinajstić information content (AvgIpc) is 2.83. The Balaban J connectivity index is 2.20. The Labute approximate surface area is 138 Å². The van der Waals surface area contributed by atoms with E-state index < -0.39 is 12.1 Å². The predicted octanol–water partition coefficient (Wildman–Crippen LogP) is 2.19. The van der Waals surface area contributed by atoms with E-state index in [1.165, 1.54) is 13.2 Å². The van der Waals surface area contributed by atoms with Gasteiger partial charge in [0.1, 0.15) is 5.75 Å². The van der Waals surface area contributed by atoms with Gasteiger partial charge in [-0.25, -0.2) is 9.59 Å². The summed E-state index contributed by atoms with van der Waals surface area (Å²) >= 11 is 0. The van der Waals surface area contributed by atoms with Crippen molar-refractivity contribution in [2.45, 2.75) is 19.3 Å². The van der Waals surface area contributed by atoms with Gasteiger partial charge in [-0.2, -0.15) is 0 Å². The molecule has 1 aromatic heterocycles. The molecule has 1 amide bonds. The fraction of sp³-hybridized carbons (Fsp3) is 0.294. The van der Waals surface area contributed by atoms with Gasteiger partial charge in [-0.15, -0.1) is 0 Å². The first-order chi connectivity index (χ1) is 11.3. The second-order valence-corrected chi connectivity index (χ2v) is 6.35. The first kappa shape index (κ1) is 15.9. The van der Waals surface area contributed by atoms with Gasteiger partial charge in [-0.05, 0) is 17.7 Å². The van der Waals surface area contributed by atoms with Crippen molar-refractivity contribution in [3.63, 3.8) is 0 Å². The molecule has 0 saturated carbocycles. The normalized spacial score (nSPS) is 15.7. The molecule has 0 aliphatic carbocycles. The number of aliphatic carboxylic acids is 1. The Morgan fingerprint density at radius 2 is 2.08 bits per heavy atom. The summed E-state index contributed by atoms with van der Waals surface area (Å²) in [5.74, 6) is -0.620. The molecule has 0 radical (unpaired) electrons. The summed E-state index contributed by atoms with van der Waals surface area (Å²) in [6.07, 6.45) is 0.964. The predicted molar refractivity (Wildman–Crippen MR) is 90.0 cm³/mol. The van der Waals surface area contributed by atoms with Crippen molar-refractivity contribution in [2.75, 3.05) is 13.6 Å². The third-order valence-electron chi connectivity index (χ3n) is 4.15. The first-order valence-electron chi connectivity index (χ1n) is 7.56. The van der Waals surface area contributed by atoms with Crippen LogP contribution in [-0.4, -0.2) is 35.7 Å². The smallest absolute Gasteiger partial charge is 0.412 e. The number of nitrogens with one attached hydrogen (secondary N) is 3. The topological polar surface area (TPSA) is 103 Å². The third kappa shape index (κ3) is 2.58. The summed E-state index contributed by atoms with van der Waals surface area (Å²) < 4.78 is 5.14. The lowest BCUT2D eigenvalue weighted by Crippen LogP contribution is -2.29. The number of carbonyl (C=O) groups excluding carboxylic acids is 1. The van der Waals surface area contributed by atoms with Gasteiger partial charge in [0, 0.05) is 42.2 Å². The maximum absolute atomic E-state index is 11.6. The minimum Gasteiger partial charge on any atom is -0.478 e. The summed E-state index contributed by atoms with van der Waals surface area (Å²) in [7, 11) is 1.48. The number of hydrogen-bond acceptors (Lipinski definition) is 4.